The molecule has 3 atom stereocenters. The van der Waals surface area contributed by atoms with Gasteiger partial charge in [0, 0.05) is 76.0 Å². The van der Waals surface area contributed by atoms with Crippen molar-refractivity contribution in [2.75, 3.05) is 45.4 Å². The van der Waals surface area contributed by atoms with Crippen molar-refractivity contribution >= 4 is 111 Å². The highest BCUT2D eigenvalue weighted by Gasteiger charge is 2.46. The van der Waals surface area contributed by atoms with Gasteiger partial charge in [-0.25, -0.2) is 33.9 Å². The number of fused-ring (bicyclic) bond motifs is 4. The summed E-state index contributed by atoms with van der Waals surface area (Å²) in [6, 6.07) is 17.0. The molecule has 76 heavy (non-hydrogen) atoms. The van der Waals surface area contributed by atoms with Gasteiger partial charge in [-0.3, -0.25) is 4.90 Å². The number of ether oxygens (including phenoxy) is 5. The number of anilines is 1. The second-order valence-electron chi connectivity index (χ2n) is 18.2. The van der Waals surface area contributed by atoms with Crippen LogP contribution in [-0.4, -0.2) is 108 Å². The lowest BCUT2D eigenvalue weighted by molar-refractivity contribution is -0.0706. The van der Waals surface area contributed by atoms with Crippen LogP contribution in [0.25, 0.3) is 22.1 Å². The third kappa shape index (κ3) is 10.9. The number of benzene rings is 4. The Morgan fingerprint density at radius 1 is 0.750 bits per heavy atom. The lowest BCUT2D eigenvalue weighted by Gasteiger charge is -2.44. The monoisotopic (exact) mass is 1160 g/mol. The van der Waals surface area contributed by atoms with E-state index < -0.39 is 23.5 Å². The van der Waals surface area contributed by atoms with E-state index in [2.05, 4.69) is 33.9 Å². The Bertz CT molecular complexity index is 3440. The van der Waals surface area contributed by atoms with Gasteiger partial charge in [0.25, 0.3) is 5.79 Å². The second-order valence-corrected chi connectivity index (χ2v) is 19.7. The molecule has 2 saturated heterocycles. The number of esters is 2. The zero-order valence-electron chi connectivity index (χ0n) is 41.8. The fourth-order valence-electron chi connectivity index (χ4n) is 10.1. The number of carbonyl (C=O) groups excluding carboxylic acids is 2. The predicted octanol–water partition coefficient (Wildman–Crippen LogP) is 10.5. The number of carbonyl (C=O) groups is 2. The molecule has 402 valence electrons. The molecule has 0 aliphatic carbocycles. The Hall–Kier alpha value is -5.83. The minimum absolute atomic E-state index is 0. The van der Waals surface area contributed by atoms with Gasteiger partial charge in [-0.2, -0.15) is 0 Å². The van der Waals surface area contributed by atoms with Gasteiger partial charge in [0.2, 0.25) is 0 Å². The molecule has 4 aromatic heterocycles. The second kappa shape index (κ2) is 23.4. The minimum Gasteiger partial charge on any atom is -0.465 e. The van der Waals surface area contributed by atoms with Crippen LogP contribution in [0.15, 0.2) is 85.5 Å². The Labute approximate surface area is 469 Å². The van der Waals surface area contributed by atoms with Gasteiger partial charge in [-0.05, 0) is 68.4 Å². The molecule has 7 heterocycles. The van der Waals surface area contributed by atoms with Crippen molar-refractivity contribution in [2.24, 2.45) is 0 Å². The first kappa shape index (κ1) is 56.4. The third-order valence-corrected chi connectivity index (χ3v) is 14.9. The number of rotatable bonds is 13. The molecule has 0 spiro atoms. The first-order chi connectivity index (χ1) is 35.7. The molecule has 0 radical (unpaired) electrons. The Morgan fingerprint density at radius 3 is 1.88 bits per heavy atom. The van der Waals surface area contributed by atoms with Crippen LogP contribution in [0.5, 0.6) is 11.5 Å². The number of aryl methyl sites for hydroxylation is 6. The van der Waals surface area contributed by atoms with Crippen molar-refractivity contribution in [3.8, 4) is 11.5 Å². The van der Waals surface area contributed by atoms with E-state index in [1.807, 2.05) is 53.6 Å². The van der Waals surface area contributed by atoms with E-state index in [1.54, 1.807) is 55.7 Å². The van der Waals surface area contributed by atoms with E-state index in [0.717, 1.165) is 34.2 Å². The van der Waals surface area contributed by atoms with Crippen LogP contribution in [-0.2, 0) is 58.6 Å². The standard InChI is InChI=1S/C36H35Cl2FN6O5.C16H16Cl2N4O2.2ClH/c1-21-40-9-10-42(21)11-14-45-28-16-22(35(46)47-3)15-25(38)33(28)41-32(45)18-43-12-13-44(30-20-48-19-29(30)43)27-5-4-6-31-34(27)50-36(2,49-31)24-8-7-23(37)17-26(24)39;1-10-19-3-4-21(10)5-6-22-13-8-11(16(23)24-2)7-12(18)15(13)20-14(22)9-17;;/h4-10,15-17,29-30H,11-14,18-20H2,1-3H3;3-4,7-8H,5-6,9H2,1-2H3;2*1H/t29-,30+,36-;;;/m1.../s1. The molecule has 24 heteroatoms. The third-order valence-electron chi connectivity index (χ3n) is 13.9. The van der Waals surface area contributed by atoms with Crippen LogP contribution in [0.2, 0.25) is 15.1 Å². The molecule has 2 fully saturated rings. The molecular formula is C52H53Cl6FN10O7. The van der Waals surface area contributed by atoms with E-state index in [4.69, 9.17) is 75.1 Å². The van der Waals surface area contributed by atoms with E-state index in [9.17, 15) is 9.59 Å². The fraction of sp³-hybridized carbons (Fsp3) is 0.346. The number of alkyl halides is 1. The SMILES string of the molecule is COC(=O)c1cc(Cl)c2nc(CCl)n(CCn3ccnc3C)c2c1.COC(=O)c1cc(Cl)c2nc(CN3CCN(c4cccc5c4O[C@](C)(c4ccc(Cl)cc4F)O5)[C@H]4COC[C@H]43)n(CCn3ccnc3C)c2c1.Cl.Cl. The number of imidazole rings is 4. The molecule has 0 amide bonds. The molecule has 0 unspecified atom stereocenters. The molecule has 17 nitrogen and oxygen atoms in total. The van der Waals surface area contributed by atoms with E-state index in [1.165, 1.54) is 20.3 Å². The lowest BCUT2D eigenvalue weighted by Crippen LogP contribution is -2.59. The van der Waals surface area contributed by atoms with Crippen molar-refractivity contribution in [2.45, 2.75) is 77.2 Å². The van der Waals surface area contributed by atoms with Gasteiger partial charge in [0.05, 0.1) is 95.4 Å². The smallest absolute Gasteiger partial charge is 0.337 e. The van der Waals surface area contributed by atoms with Crippen molar-refractivity contribution in [1.82, 2.24) is 43.1 Å². The van der Waals surface area contributed by atoms with E-state index in [-0.39, 0.29) is 48.3 Å². The Morgan fingerprint density at radius 2 is 1.33 bits per heavy atom. The van der Waals surface area contributed by atoms with Crippen LogP contribution in [0.3, 0.4) is 0 Å². The van der Waals surface area contributed by atoms with Gasteiger partial charge < -0.3 is 46.9 Å². The van der Waals surface area contributed by atoms with Crippen LogP contribution in [0.1, 0.15) is 56.5 Å². The summed E-state index contributed by atoms with van der Waals surface area (Å²) in [5.41, 5.74) is 4.67. The summed E-state index contributed by atoms with van der Waals surface area (Å²) in [6.45, 7) is 11.2. The fourth-order valence-corrected chi connectivity index (χ4v) is 11.0. The largest absolute Gasteiger partial charge is 0.465 e. The maximum Gasteiger partial charge on any atom is 0.337 e. The zero-order valence-corrected chi connectivity index (χ0v) is 46.5. The molecule has 3 aliphatic heterocycles. The average Bonchev–Trinajstić information content (AvgIpc) is 4.27. The quantitative estimate of drug-likeness (QED) is 0.0794. The van der Waals surface area contributed by atoms with Crippen molar-refractivity contribution in [3.05, 3.63) is 146 Å². The molecule has 4 aromatic carbocycles. The predicted molar refractivity (Wildman–Crippen MR) is 293 cm³/mol. The van der Waals surface area contributed by atoms with Crippen LogP contribution >= 0.6 is 71.2 Å². The van der Waals surface area contributed by atoms with Crippen molar-refractivity contribution < 1.29 is 37.7 Å². The Balaban J connectivity index is 0.000000248. The Kier molecular flexibility index (Phi) is 17.4. The van der Waals surface area contributed by atoms with Crippen LogP contribution < -0.4 is 14.4 Å². The normalized spacial score (nSPS) is 17.7. The summed E-state index contributed by atoms with van der Waals surface area (Å²) in [7, 11) is 2.69. The minimum atomic E-state index is -1.36. The highest BCUT2D eigenvalue weighted by Crippen LogP contribution is 2.51. The molecule has 11 rings (SSSR count). The number of hydrogen-bond acceptors (Lipinski definition) is 13. The molecule has 3 aliphatic rings. The summed E-state index contributed by atoms with van der Waals surface area (Å²) in [4.78, 5) is 47.2. The number of methoxy groups -OCH3 is 2. The highest BCUT2D eigenvalue weighted by atomic mass is 35.5. The molecule has 8 aromatic rings. The summed E-state index contributed by atoms with van der Waals surface area (Å²) in [6.07, 6.45) is 7.41. The summed E-state index contributed by atoms with van der Waals surface area (Å²) >= 11 is 25.1. The average molecular weight is 1160 g/mol. The van der Waals surface area contributed by atoms with Gasteiger partial charge in [-0.1, -0.05) is 40.9 Å². The summed E-state index contributed by atoms with van der Waals surface area (Å²) in [5.74, 6) is 1.98. The highest BCUT2D eigenvalue weighted by molar-refractivity contribution is 6.36. The number of piperazine rings is 1. The zero-order chi connectivity index (χ0) is 52.0. The maximum atomic E-state index is 15.0. The van der Waals surface area contributed by atoms with E-state index in [0.29, 0.717) is 114 Å². The van der Waals surface area contributed by atoms with Gasteiger partial charge in [-0.15, -0.1) is 36.4 Å². The molecule has 0 saturated carbocycles. The van der Waals surface area contributed by atoms with E-state index >= 15 is 4.39 Å². The first-order valence-corrected chi connectivity index (χ1v) is 25.5. The molecular weight excluding hydrogens is 1110 g/mol. The van der Waals surface area contributed by atoms with Crippen molar-refractivity contribution in [1.29, 1.82) is 0 Å². The molecule has 0 bridgehead atoms. The first-order valence-electron chi connectivity index (χ1n) is 23.8. The number of nitrogens with zero attached hydrogens (tertiary/aromatic N) is 10. The van der Waals surface area contributed by atoms with Gasteiger partial charge in [0.1, 0.15) is 40.1 Å². The van der Waals surface area contributed by atoms with Crippen molar-refractivity contribution in [3.63, 3.8) is 0 Å². The number of halogens is 7. The summed E-state index contributed by atoms with van der Waals surface area (Å²) in [5, 5.41) is 1.09. The number of para-hydroxylation sites is 1. The van der Waals surface area contributed by atoms with Crippen LogP contribution in [0.4, 0.5) is 10.1 Å². The lowest BCUT2D eigenvalue weighted by atomic mass is 10.0. The van der Waals surface area contributed by atoms with Gasteiger partial charge >= 0.3 is 11.9 Å². The van der Waals surface area contributed by atoms with Gasteiger partial charge in [0.15, 0.2) is 11.5 Å². The van der Waals surface area contributed by atoms with Crippen LogP contribution in [0, 0.1) is 19.7 Å². The molecule has 0 N–H and O–H groups in total. The topological polar surface area (TPSA) is 158 Å². The maximum absolute atomic E-state index is 15.0. The number of hydrogen-bond donors (Lipinski definition) is 0. The number of aromatic nitrogens is 8. The summed E-state index contributed by atoms with van der Waals surface area (Å²) < 4.78 is 51.9.